The first-order valence-corrected chi connectivity index (χ1v) is 14.7. The van der Waals surface area contributed by atoms with Gasteiger partial charge in [0.25, 0.3) is 0 Å². The monoisotopic (exact) mass is 551 g/mol. The fourth-order valence-electron chi connectivity index (χ4n) is 3.76. The fourth-order valence-corrected chi connectivity index (χ4v) is 4.94. The van der Waals surface area contributed by atoms with E-state index in [4.69, 9.17) is 16.3 Å². The van der Waals surface area contributed by atoms with Crippen LogP contribution in [-0.4, -0.2) is 56.6 Å². The van der Waals surface area contributed by atoms with Gasteiger partial charge in [-0.1, -0.05) is 30.7 Å². The molecule has 2 aromatic carbocycles. The van der Waals surface area contributed by atoms with Crippen LogP contribution >= 0.6 is 11.6 Å². The van der Waals surface area contributed by atoms with Crippen LogP contribution in [0.25, 0.3) is 0 Å². The lowest BCUT2D eigenvalue weighted by Gasteiger charge is -2.30. The van der Waals surface area contributed by atoms with E-state index < -0.39 is 16.1 Å². The average Bonchev–Trinajstić information content (AvgIpc) is 2.84. The Hall–Kier alpha value is -2.78. The summed E-state index contributed by atoms with van der Waals surface area (Å²) in [5.74, 6) is 0.167. The summed E-state index contributed by atoms with van der Waals surface area (Å²) in [5, 5.41) is 3.48. The van der Waals surface area contributed by atoms with Gasteiger partial charge in [0.15, 0.2) is 0 Å². The Kier molecular flexibility index (Phi) is 11.7. The lowest BCUT2D eigenvalue weighted by atomic mass is 10.1. The zero-order valence-corrected chi connectivity index (χ0v) is 23.8. The number of halogens is 1. The fraction of sp³-hybridized carbons (Fsp3) is 0.481. The predicted molar refractivity (Wildman–Crippen MR) is 148 cm³/mol. The van der Waals surface area contributed by atoms with E-state index in [9.17, 15) is 18.0 Å². The molecule has 10 heteroatoms. The quantitative estimate of drug-likeness (QED) is 0.370. The van der Waals surface area contributed by atoms with E-state index in [0.717, 1.165) is 18.2 Å². The first kappa shape index (κ1) is 30.4. The largest absolute Gasteiger partial charge is 0.494 e. The number of hydrogen-bond donors (Lipinski definition) is 1. The molecule has 0 aliphatic heterocycles. The van der Waals surface area contributed by atoms with Crippen molar-refractivity contribution in [1.82, 2.24) is 10.2 Å². The van der Waals surface area contributed by atoms with Crippen molar-refractivity contribution in [1.29, 1.82) is 0 Å². The summed E-state index contributed by atoms with van der Waals surface area (Å²) < 4.78 is 31.7. The Balaban J connectivity index is 2.16. The van der Waals surface area contributed by atoms with Crippen LogP contribution in [0, 0.1) is 0 Å². The summed E-state index contributed by atoms with van der Waals surface area (Å²) in [6.07, 6.45) is 2.26. The van der Waals surface area contributed by atoms with Gasteiger partial charge >= 0.3 is 0 Å². The Morgan fingerprint density at radius 3 is 2.32 bits per heavy atom. The molecule has 0 heterocycles. The highest BCUT2D eigenvalue weighted by atomic mass is 35.5. The average molecular weight is 552 g/mol. The first-order valence-electron chi connectivity index (χ1n) is 12.5. The van der Waals surface area contributed by atoms with Crippen molar-refractivity contribution >= 4 is 39.1 Å². The van der Waals surface area contributed by atoms with Crippen molar-refractivity contribution in [2.75, 3.05) is 23.7 Å². The Morgan fingerprint density at radius 2 is 1.76 bits per heavy atom. The second kappa shape index (κ2) is 14.2. The number of hydrogen-bond acceptors (Lipinski definition) is 5. The van der Waals surface area contributed by atoms with Gasteiger partial charge in [0.1, 0.15) is 11.8 Å². The van der Waals surface area contributed by atoms with Crippen molar-refractivity contribution in [3.8, 4) is 5.75 Å². The Labute approximate surface area is 226 Å². The maximum atomic E-state index is 13.3. The smallest absolute Gasteiger partial charge is 0.242 e. The number of amides is 2. The van der Waals surface area contributed by atoms with E-state index in [1.54, 1.807) is 49.4 Å². The van der Waals surface area contributed by atoms with Crippen LogP contribution in [0.3, 0.4) is 0 Å². The van der Waals surface area contributed by atoms with Crippen molar-refractivity contribution in [3.05, 3.63) is 59.1 Å². The predicted octanol–water partition coefficient (Wildman–Crippen LogP) is 4.62. The molecule has 0 aromatic heterocycles. The van der Waals surface area contributed by atoms with Crippen LogP contribution in [-0.2, 0) is 26.2 Å². The van der Waals surface area contributed by atoms with Gasteiger partial charge in [-0.3, -0.25) is 13.9 Å². The maximum absolute atomic E-state index is 13.3. The number of benzene rings is 2. The molecule has 0 radical (unpaired) electrons. The van der Waals surface area contributed by atoms with Crippen molar-refractivity contribution < 1.29 is 22.7 Å². The van der Waals surface area contributed by atoms with Gasteiger partial charge in [0.05, 0.1) is 18.6 Å². The number of carbonyl (C=O) groups excluding carboxylic acids is 2. The maximum Gasteiger partial charge on any atom is 0.242 e. The Bertz CT molecular complexity index is 1140. The molecule has 2 amide bonds. The number of anilines is 1. The van der Waals surface area contributed by atoms with E-state index in [1.165, 1.54) is 9.21 Å². The molecule has 0 aliphatic rings. The molecule has 2 atom stereocenters. The van der Waals surface area contributed by atoms with Crippen LogP contribution in [0.2, 0.25) is 5.02 Å². The van der Waals surface area contributed by atoms with Crippen molar-refractivity contribution in [2.24, 2.45) is 0 Å². The zero-order chi connectivity index (χ0) is 27.6. The molecule has 204 valence electrons. The molecule has 1 N–H and O–H groups in total. The SMILES string of the molecule is CCOc1ccc(N(CCCC(=O)N(Cc2cccc(Cl)c2)[C@H](C)C(=O)N[C@H](C)CC)S(C)(=O)=O)cc1. The summed E-state index contributed by atoms with van der Waals surface area (Å²) in [4.78, 5) is 27.7. The van der Waals surface area contributed by atoms with Gasteiger partial charge in [-0.2, -0.15) is 0 Å². The third kappa shape index (κ3) is 9.55. The number of nitrogens with one attached hydrogen (secondary N) is 1. The molecule has 2 rings (SSSR count). The van der Waals surface area contributed by atoms with E-state index in [2.05, 4.69) is 5.32 Å². The minimum absolute atomic E-state index is 0.0181. The van der Waals surface area contributed by atoms with Gasteiger partial charge in [-0.05, 0) is 75.6 Å². The third-order valence-corrected chi connectivity index (χ3v) is 7.43. The number of sulfonamides is 1. The minimum atomic E-state index is -3.57. The molecule has 0 fully saturated rings. The highest BCUT2D eigenvalue weighted by Crippen LogP contribution is 2.23. The van der Waals surface area contributed by atoms with Crippen LogP contribution in [0.5, 0.6) is 5.75 Å². The Morgan fingerprint density at radius 1 is 1.08 bits per heavy atom. The van der Waals surface area contributed by atoms with E-state index in [1.807, 2.05) is 26.8 Å². The van der Waals surface area contributed by atoms with E-state index >= 15 is 0 Å². The molecule has 0 saturated heterocycles. The molecule has 37 heavy (non-hydrogen) atoms. The van der Waals surface area contributed by atoms with E-state index in [-0.39, 0.29) is 43.8 Å². The summed E-state index contributed by atoms with van der Waals surface area (Å²) >= 11 is 6.13. The third-order valence-electron chi connectivity index (χ3n) is 6.00. The topological polar surface area (TPSA) is 96.0 Å². The molecule has 0 spiro atoms. The van der Waals surface area contributed by atoms with Gasteiger partial charge < -0.3 is 15.0 Å². The van der Waals surface area contributed by atoms with Crippen LogP contribution < -0.4 is 14.4 Å². The molecule has 0 saturated carbocycles. The van der Waals surface area contributed by atoms with Gasteiger partial charge in [0.2, 0.25) is 21.8 Å². The van der Waals surface area contributed by atoms with Gasteiger partial charge in [-0.15, -0.1) is 0 Å². The highest BCUT2D eigenvalue weighted by Gasteiger charge is 2.27. The minimum Gasteiger partial charge on any atom is -0.494 e. The van der Waals surface area contributed by atoms with Gasteiger partial charge in [-0.25, -0.2) is 8.42 Å². The lowest BCUT2D eigenvalue weighted by molar-refractivity contribution is -0.140. The van der Waals surface area contributed by atoms with Gasteiger partial charge in [0, 0.05) is 30.6 Å². The summed E-state index contributed by atoms with van der Waals surface area (Å²) in [5.41, 5.74) is 1.30. The number of ether oxygens (including phenoxy) is 1. The molecule has 0 aliphatic carbocycles. The number of rotatable bonds is 14. The zero-order valence-electron chi connectivity index (χ0n) is 22.2. The second-order valence-electron chi connectivity index (χ2n) is 9.01. The molecular weight excluding hydrogens is 514 g/mol. The molecular formula is C27H38ClN3O5S. The lowest BCUT2D eigenvalue weighted by Crippen LogP contribution is -2.49. The number of nitrogens with zero attached hydrogens (tertiary/aromatic N) is 2. The molecule has 2 aromatic rings. The summed E-state index contributed by atoms with van der Waals surface area (Å²) in [6.45, 7) is 8.30. The molecule has 8 nitrogen and oxygen atoms in total. The normalized spacial score (nSPS) is 12.9. The van der Waals surface area contributed by atoms with E-state index in [0.29, 0.717) is 23.1 Å². The summed E-state index contributed by atoms with van der Waals surface area (Å²) in [7, 11) is -3.57. The highest BCUT2D eigenvalue weighted by molar-refractivity contribution is 7.92. The standard InChI is InChI=1S/C27H38ClN3O5S/c1-6-20(3)29-27(33)21(4)30(19-22-10-8-11-23(28)18-22)26(32)12-9-17-31(37(5,34)35)24-13-15-25(16-14-24)36-7-2/h8,10-11,13-16,18,20-21H,6-7,9,12,17,19H2,1-5H3,(H,29,33)/t20-,21-/m1/s1. The molecule has 0 unspecified atom stereocenters. The number of carbonyl (C=O) groups is 2. The van der Waals surface area contributed by atoms with Crippen molar-refractivity contribution in [2.45, 2.75) is 65.6 Å². The second-order valence-corrected chi connectivity index (χ2v) is 11.4. The first-order chi connectivity index (χ1) is 17.5. The van der Waals surface area contributed by atoms with Crippen LogP contribution in [0.4, 0.5) is 5.69 Å². The molecule has 0 bridgehead atoms. The van der Waals surface area contributed by atoms with Crippen molar-refractivity contribution in [3.63, 3.8) is 0 Å². The van der Waals surface area contributed by atoms with Crippen LogP contribution in [0.1, 0.15) is 52.5 Å². The summed E-state index contributed by atoms with van der Waals surface area (Å²) in [6, 6.07) is 13.2. The van der Waals surface area contributed by atoms with Crippen LogP contribution in [0.15, 0.2) is 48.5 Å².